The van der Waals surface area contributed by atoms with Crippen LogP contribution in [0.3, 0.4) is 0 Å². The number of carbonyl (C=O) groups is 4. The predicted molar refractivity (Wildman–Crippen MR) is 117 cm³/mol. The summed E-state index contributed by atoms with van der Waals surface area (Å²) in [6.07, 6.45) is 0.491. The van der Waals surface area contributed by atoms with E-state index in [4.69, 9.17) is 27.4 Å². The van der Waals surface area contributed by atoms with Crippen LogP contribution >= 0.6 is 12.6 Å². The third kappa shape index (κ3) is 10.8. The molecule has 3 amide bonds. The quantitative estimate of drug-likeness (QED) is 0.0536. The number of nitrogens with zero attached hydrogens (tertiary/aromatic N) is 1. The summed E-state index contributed by atoms with van der Waals surface area (Å²) in [5.74, 6) is -3.98. The molecule has 0 spiro atoms. The maximum absolute atomic E-state index is 12.7. The number of carbonyl (C=O) groups excluding carboxylic acids is 3. The monoisotopic (exact) mass is 463 g/mol. The Morgan fingerprint density at radius 3 is 1.94 bits per heavy atom. The normalized spacial score (nSPS) is 14.6. The number of thiol groups is 1. The van der Waals surface area contributed by atoms with Gasteiger partial charge in [-0.1, -0.05) is 13.8 Å². The van der Waals surface area contributed by atoms with Crippen molar-refractivity contribution in [3.8, 4) is 0 Å². The molecule has 0 aliphatic rings. The maximum Gasteiger partial charge on any atom is 0.328 e. The lowest BCUT2D eigenvalue weighted by atomic mass is 10.0. The van der Waals surface area contributed by atoms with Gasteiger partial charge in [-0.25, -0.2) is 4.79 Å². The van der Waals surface area contributed by atoms with Crippen LogP contribution in [-0.4, -0.2) is 82.9 Å². The fourth-order valence-corrected chi connectivity index (χ4v) is 2.52. The van der Waals surface area contributed by atoms with Crippen molar-refractivity contribution in [2.45, 2.75) is 50.9 Å². The van der Waals surface area contributed by atoms with Crippen LogP contribution in [0.5, 0.6) is 0 Å². The number of nitrogens with two attached hydrogens (primary N) is 3. The number of hydrogen-bond donors (Lipinski definition) is 9. The van der Waals surface area contributed by atoms with Gasteiger partial charge in [0, 0.05) is 12.3 Å². The molecule has 0 fully saturated rings. The molecule has 178 valence electrons. The Morgan fingerprint density at radius 1 is 0.968 bits per heavy atom. The standard InChI is InChI=1S/C17H33N7O6S/c1-8(2)12(18)15(28)22-9(4-3-5-21-17(19)20)13(26)24-11(7-31)14(27)23-10(6-25)16(29)30/h8-12,25,31H,3-7,18H2,1-2H3,(H,22,28)(H,23,27)(H,24,26)(H,29,30)(H4,19,20,21). The summed E-state index contributed by atoms with van der Waals surface area (Å²) in [6.45, 7) is 2.88. The Labute approximate surface area is 186 Å². The summed E-state index contributed by atoms with van der Waals surface area (Å²) in [5, 5.41) is 25.0. The molecular formula is C17H33N7O6S. The SMILES string of the molecule is CC(C)C(N)C(=O)NC(CCCN=C(N)N)C(=O)NC(CS)C(=O)NC(CO)C(=O)O. The Kier molecular flexibility index (Phi) is 13.2. The summed E-state index contributed by atoms with van der Waals surface area (Å²) in [6, 6.07) is -4.64. The summed E-state index contributed by atoms with van der Waals surface area (Å²) >= 11 is 4.00. The largest absolute Gasteiger partial charge is 0.480 e. The average Bonchev–Trinajstić information content (AvgIpc) is 2.70. The van der Waals surface area contributed by atoms with Gasteiger partial charge in [0.25, 0.3) is 0 Å². The highest BCUT2D eigenvalue weighted by molar-refractivity contribution is 7.80. The number of aliphatic imine (C=N–C) groups is 1. The second kappa shape index (κ2) is 14.4. The van der Waals surface area contributed by atoms with Gasteiger partial charge in [0.1, 0.15) is 18.1 Å². The van der Waals surface area contributed by atoms with Gasteiger partial charge >= 0.3 is 5.97 Å². The number of hydrogen-bond acceptors (Lipinski definition) is 8. The first kappa shape index (κ1) is 28.4. The highest BCUT2D eigenvalue weighted by atomic mass is 32.1. The topological polar surface area (TPSA) is 235 Å². The van der Waals surface area contributed by atoms with E-state index in [9.17, 15) is 19.2 Å². The molecule has 0 rings (SSSR count). The Hall–Kier alpha value is -2.58. The minimum atomic E-state index is -1.54. The summed E-state index contributed by atoms with van der Waals surface area (Å²) < 4.78 is 0. The maximum atomic E-state index is 12.7. The summed E-state index contributed by atoms with van der Waals surface area (Å²) in [4.78, 5) is 52.1. The molecule has 0 aliphatic heterocycles. The lowest BCUT2D eigenvalue weighted by Crippen LogP contribution is -2.58. The highest BCUT2D eigenvalue weighted by Crippen LogP contribution is 2.04. The van der Waals surface area contributed by atoms with Crippen molar-refractivity contribution in [3.05, 3.63) is 0 Å². The Bertz CT molecular complexity index is 657. The molecule has 11 N–H and O–H groups in total. The molecule has 0 aromatic heterocycles. The van der Waals surface area contributed by atoms with Crippen molar-refractivity contribution in [1.82, 2.24) is 16.0 Å². The molecule has 13 nitrogen and oxygen atoms in total. The van der Waals surface area contributed by atoms with Gasteiger partial charge in [0.15, 0.2) is 5.96 Å². The number of nitrogens with one attached hydrogen (secondary N) is 3. The molecule has 0 bridgehead atoms. The third-order valence-corrected chi connectivity index (χ3v) is 4.58. The molecule has 0 aromatic rings. The van der Waals surface area contributed by atoms with Gasteiger partial charge in [-0.15, -0.1) is 0 Å². The van der Waals surface area contributed by atoms with E-state index >= 15 is 0 Å². The van der Waals surface area contributed by atoms with Gasteiger partial charge in [-0.05, 0) is 18.8 Å². The number of rotatable bonds is 14. The van der Waals surface area contributed by atoms with Gasteiger partial charge in [0.05, 0.1) is 12.6 Å². The summed E-state index contributed by atoms with van der Waals surface area (Å²) in [5.41, 5.74) is 16.3. The second-order valence-electron chi connectivity index (χ2n) is 7.11. The van der Waals surface area contributed by atoms with Crippen molar-refractivity contribution < 1.29 is 29.4 Å². The lowest BCUT2D eigenvalue weighted by molar-refractivity contribution is -0.143. The van der Waals surface area contributed by atoms with E-state index in [1.165, 1.54) is 0 Å². The van der Waals surface area contributed by atoms with Crippen LogP contribution in [-0.2, 0) is 19.2 Å². The van der Waals surface area contributed by atoms with Crippen molar-refractivity contribution in [2.24, 2.45) is 28.1 Å². The molecule has 4 unspecified atom stereocenters. The first-order chi connectivity index (χ1) is 14.4. The zero-order valence-electron chi connectivity index (χ0n) is 17.6. The van der Waals surface area contributed by atoms with Crippen LogP contribution in [0.1, 0.15) is 26.7 Å². The first-order valence-electron chi connectivity index (χ1n) is 9.61. The Morgan fingerprint density at radius 2 is 1.48 bits per heavy atom. The van der Waals surface area contributed by atoms with E-state index in [-0.39, 0.29) is 30.6 Å². The summed E-state index contributed by atoms with van der Waals surface area (Å²) in [7, 11) is 0. The van der Waals surface area contributed by atoms with Crippen molar-refractivity contribution in [3.63, 3.8) is 0 Å². The van der Waals surface area contributed by atoms with E-state index in [1.807, 2.05) is 0 Å². The number of amides is 3. The van der Waals surface area contributed by atoms with Gasteiger partial charge in [0.2, 0.25) is 17.7 Å². The van der Waals surface area contributed by atoms with Crippen molar-refractivity contribution in [1.29, 1.82) is 0 Å². The Balaban J connectivity index is 5.27. The molecule has 14 heteroatoms. The van der Waals surface area contributed by atoms with Crippen molar-refractivity contribution in [2.75, 3.05) is 18.9 Å². The van der Waals surface area contributed by atoms with Crippen LogP contribution < -0.4 is 33.2 Å². The smallest absolute Gasteiger partial charge is 0.328 e. The number of guanidine groups is 1. The molecule has 0 heterocycles. The zero-order valence-corrected chi connectivity index (χ0v) is 18.5. The number of carboxylic acid groups (broad SMARTS) is 1. The average molecular weight is 464 g/mol. The van der Waals surface area contributed by atoms with E-state index < -0.39 is 54.5 Å². The van der Waals surface area contributed by atoms with Crippen LogP contribution in [0.2, 0.25) is 0 Å². The van der Waals surface area contributed by atoms with Crippen LogP contribution in [0, 0.1) is 5.92 Å². The molecule has 0 saturated carbocycles. The van der Waals surface area contributed by atoms with Crippen molar-refractivity contribution >= 4 is 42.3 Å². The second-order valence-corrected chi connectivity index (χ2v) is 7.47. The predicted octanol–water partition coefficient (Wildman–Crippen LogP) is -3.52. The lowest BCUT2D eigenvalue weighted by Gasteiger charge is -2.25. The van der Waals surface area contributed by atoms with E-state index in [2.05, 4.69) is 33.6 Å². The first-order valence-corrected chi connectivity index (χ1v) is 10.2. The van der Waals surface area contributed by atoms with E-state index in [0.29, 0.717) is 6.42 Å². The molecule has 0 radical (unpaired) electrons. The third-order valence-electron chi connectivity index (χ3n) is 4.21. The fraction of sp³-hybridized carbons (Fsp3) is 0.706. The fourth-order valence-electron chi connectivity index (χ4n) is 2.27. The molecule has 4 atom stereocenters. The van der Waals surface area contributed by atoms with Gasteiger partial charge in [-0.2, -0.15) is 12.6 Å². The van der Waals surface area contributed by atoms with Crippen LogP contribution in [0.25, 0.3) is 0 Å². The van der Waals surface area contributed by atoms with Crippen LogP contribution in [0.4, 0.5) is 0 Å². The highest BCUT2D eigenvalue weighted by Gasteiger charge is 2.29. The minimum Gasteiger partial charge on any atom is -0.480 e. The number of aliphatic hydroxyl groups is 1. The van der Waals surface area contributed by atoms with E-state index in [0.717, 1.165) is 0 Å². The van der Waals surface area contributed by atoms with E-state index in [1.54, 1.807) is 13.8 Å². The number of carboxylic acids is 1. The van der Waals surface area contributed by atoms with Gasteiger partial charge in [-0.3, -0.25) is 19.4 Å². The zero-order chi connectivity index (χ0) is 24.1. The molecule has 0 saturated heterocycles. The molecule has 31 heavy (non-hydrogen) atoms. The molecule has 0 aromatic carbocycles. The molecule has 0 aliphatic carbocycles. The van der Waals surface area contributed by atoms with Crippen LogP contribution in [0.15, 0.2) is 4.99 Å². The molecular weight excluding hydrogens is 430 g/mol. The number of aliphatic hydroxyl groups excluding tert-OH is 1. The van der Waals surface area contributed by atoms with Gasteiger partial charge < -0.3 is 43.4 Å². The number of aliphatic carboxylic acids is 1. The minimum absolute atomic E-state index is 0.115.